The summed E-state index contributed by atoms with van der Waals surface area (Å²) in [6.45, 7) is 4.10. The van der Waals surface area contributed by atoms with Gasteiger partial charge in [-0.05, 0) is 45.8 Å². The Morgan fingerprint density at radius 3 is 2.62 bits per heavy atom. The highest BCUT2D eigenvalue weighted by Crippen LogP contribution is 2.23. The first kappa shape index (κ1) is 17.1. The van der Waals surface area contributed by atoms with Crippen LogP contribution in [0.1, 0.15) is 25.7 Å². The predicted molar refractivity (Wildman–Crippen MR) is 85.4 cm³/mol. The SMILES string of the molecule is CNCC1CCCCN1S(=O)(=O)N(C)CC1CCN(C)C1. The van der Waals surface area contributed by atoms with Crippen molar-refractivity contribution in [2.75, 3.05) is 53.9 Å². The van der Waals surface area contributed by atoms with Gasteiger partial charge in [0.15, 0.2) is 0 Å². The fraction of sp³-hybridized carbons (Fsp3) is 1.00. The zero-order chi connectivity index (χ0) is 15.5. The van der Waals surface area contributed by atoms with Gasteiger partial charge < -0.3 is 10.2 Å². The van der Waals surface area contributed by atoms with E-state index in [1.54, 1.807) is 15.7 Å². The van der Waals surface area contributed by atoms with E-state index in [2.05, 4.69) is 17.3 Å². The summed E-state index contributed by atoms with van der Waals surface area (Å²) in [7, 11) is 2.39. The molecule has 21 heavy (non-hydrogen) atoms. The Bertz CT molecular complexity index is 427. The van der Waals surface area contributed by atoms with Crippen LogP contribution in [0.2, 0.25) is 0 Å². The molecule has 124 valence electrons. The van der Waals surface area contributed by atoms with Gasteiger partial charge in [0.05, 0.1) is 0 Å². The third-order valence-corrected chi connectivity index (χ3v) is 6.72. The predicted octanol–water partition coefficient (Wildman–Crippen LogP) is 0.189. The molecule has 2 unspecified atom stereocenters. The fourth-order valence-electron chi connectivity index (χ4n) is 3.53. The number of nitrogens with one attached hydrogen (secondary N) is 1. The Kier molecular flexibility index (Phi) is 6.02. The van der Waals surface area contributed by atoms with Gasteiger partial charge in [0, 0.05) is 39.3 Å². The summed E-state index contributed by atoms with van der Waals surface area (Å²) in [5.74, 6) is 0.460. The van der Waals surface area contributed by atoms with E-state index in [9.17, 15) is 8.42 Å². The van der Waals surface area contributed by atoms with Gasteiger partial charge in [-0.1, -0.05) is 6.42 Å². The van der Waals surface area contributed by atoms with Gasteiger partial charge in [-0.25, -0.2) is 0 Å². The van der Waals surface area contributed by atoms with Gasteiger partial charge in [0.1, 0.15) is 0 Å². The lowest BCUT2D eigenvalue weighted by atomic mass is 10.1. The highest BCUT2D eigenvalue weighted by atomic mass is 32.2. The van der Waals surface area contributed by atoms with Gasteiger partial charge >= 0.3 is 0 Å². The van der Waals surface area contributed by atoms with Crippen LogP contribution in [-0.4, -0.2) is 81.8 Å². The van der Waals surface area contributed by atoms with Crippen molar-refractivity contribution in [3.63, 3.8) is 0 Å². The first-order chi connectivity index (χ1) is 9.95. The average molecular weight is 318 g/mol. The summed E-state index contributed by atoms with van der Waals surface area (Å²) < 4.78 is 29.0. The summed E-state index contributed by atoms with van der Waals surface area (Å²) in [6.07, 6.45) is 4.14. The summed E-state index contributed by atoms with van der Waals surface area (Å²) in [5, 5.41) is 3.13. The van der Waals surface area contributed by atoms with E-state index in [0.29, 0.717) is 19.0 Å². The maximum absolute atomic E-state index is 12.9. The summed E-state index contributed by atoms with van der Waals surface area (Å²) in [6, 6.07) is 0.0995. The molecule has 0 saturated carbocycles. The van der Waals surface area contributed by atoms with Crippen LogP contribution in [-0.2, 0) is 10.2 Å². The monoisotopic (exact) mass is 318 g/mol. The van der Waals surface area contributed by atoms with Crippen LogP contribution >= 0.6 is 0 Å². The minimum absolute atomic E-state index is 0.0995. The molecule has 2 heterocycles. The summed E-state index contributed by atoms with van der Waals surface area (Å²) in [5.41, 5.74) is 0. The maximum Gasteiger partial charge on any atom is 0.282 e. The third-order valence-electron chi connectivity index (χ3n) is 4.71. The van der Waals surface area contributed by atoms with E-state index in [0.717, 1.165) is 45.3 Å². The van der Waals surface area contributed by atoms with Crippen LogP contribution in [0.5, 0.6) is 0 Å². The van der Waals surface area contributed by atoms with Crippen molar-refractivity contribution in [3.8, 4) is 0 Å². The Labute approximate surface area is 129 Å². The first-order valence-electron chi connectivity index (χ1n) is 8.01. The van der Waals surface area contributed by atoms with E-state index in [-0.39, 0.29) is 6.04 Å². The molecule has 7 heteroatoms. The Balaban J connectivity index is 2.01. The number of nitrogens with zero attached hydrogens (tertiary/aromatic N) is 3. The standard InChI is InChI=1S/C14H30N4O2S/c1-15-10-14-6-4-5-8-18(14)21(19,20)17(3)12-13-7-9-16(2)11-13/h13-15H,4-12H2,1-3H3. The molecule has 0 aromatic rings. The molecule has 2 atom stereocenters. The number of hydrogen-bond acceptors (Lipinski definition) is 4. The van der Waals surface area contributed by atoms with E-state index >= 15 is 0 Å². The molecule has 2 saturated heterocycles. The summed E-state index contributed by atoms with van der Waals surface area (Å²) >= 11 is 0. The molecule has 2 rings (SSSR count). The van der Waals surface area contributed by atoms with E-state index < -0.39 is 10.2 Å². The topological polar surface area (TPSA) is 55.9 Å². The normalized spacial score (nSPS) is 29.3. The van der Waals surface area contributed by atoms with Crippen LogP contribution in [0, 0.1) is 5.92 Å². The number of piperidine rings is 1. The number of hydrogen-bond donors (Lipinski definition) is 1. The first-order valence-corrected chi connectivity index (χ1v) is 9.41. The van der Waals surface area contributed by atoms with E-state index in [1.165, 1.54) is 0 Å². The van der Waals surface area contributed by atoms with Gasteiger partial charge in [-0.15, -0.1) is 0 Å². The number of likely N-dealkylation sites (N-methyl/N-ethyl adjacent to an activating group) is 1. The molecule has 0 spiro atoms. The van der Waals surface area contributed by atoms with Crippen molar-refractivity contribution in [2.24, 2.45) is 5.92 Å². The molecule has 0 aliphatic carbocycles. The smallest absolute Gasteiger partial charge is 0.282 e. The molecule has 0 bridgehead atoms. The minimum atomic E-state index is -3.33. The van der Waals surface area contributed by atoms with Crippen LogP contribution < -0.4 is 5.32 Å². The highest BCUT2D eigenvalue weighted by Gasteiger charge is 2.36. The Morgan fingerprint density at radius 2 is 2.00 bits per heavy atom. The average Bonchev–Trinajstić information content (AvgIpc) is 2.85. The van der Waals surface area contributed by atoms with Crippen molar-refractivity contribution in [3.05, 3.63) is 0 Å². The Morgan fingerprint density at radius 1 is 1.24 bits per heavy atom. The second-order valence-electron chi connectivity index (χ2n) is 6.52. The molecular formula is C14H30N4O2S. The van der Waals surface area contributed by atoms with Crippen molar-refractivity contribution in [1.29, 1.82) is 0 Å². The molecule has 1 N–H and O–H groups in total. The molecule has 2 aliphatic heterocycles. The Hall–Kier alpha value is -0.210. The van der Waals surface area contributed by atoms with E-state index in [4.69, 9.17) is 0 Å². The fourth-order valence-corrected chi connectivity index (χ4v) is 5.20. The van der Waals surface area contributed by atoms with Gasteiger partial charge in [0.25, 0.3) is 10.2 Å². The molecule has 6 nitrogen and oxygen atoms in total. The van der Waals surface area contributed by atoms with Crippen LogP contribution in [0.3, 0.4) is 0 Å². The molecule has 0 amide bonds. The molecule has 2 fully saturated rings. The van der Waals surface area contributed by atoms with Crippen molar-refractivity contribution in [2.45, 2.75) is 31.7 Å². The number of rotatable bonds is 6. The van der Waals surface area contributed by atoms with Crippen molar-refractivity contribution < 1.29 is 8.42 Å². The maximum atomic E-state index is 12.9. The van der Waals surface area contributed by atoms with Crippen molar-refractivity contribution >= 4 is 10.2 Å². The lowest BCUT2D eigenvalue weighted by molar-refractivity contribution is 0.229. The number of likely N-dealkylation sites (tertiary alicyclic amines) is 1. The molecule has 2 aliphatic rings. The second kappa shape index (κ2) is 7.37. The minimum Gasteiger partial charge on any atom is -0.318 e. The molecule has 0 aromatic heterocycles. The lowest BCUT2D eigenvalue weighted by Gasteiger charge is -2.37. The van der Waals surface area contributed by atoms with Crippen molar-refractivity contribution in [1.82, 2.24) is 18.8 Å². The van der Waals surface area contributed by atoms with Crippen LogP contribution in [0.4, 0.5) is 0 Å². The highest BCUT2D eigenvalue weighted by molar-refractivity contribution is 7.86. The van der Waals surface area contributed by atoms with Crippen LogP contribution in [0.25, 0.3) is 0 Å². The lowest BCUT2D eigenvalue weighted by Crippen LogP contribution is -2.53. The molecule has 0 aromatic carbocycles. The zero-order valence-electron chi connectivity index (χ0n) is 13.6. The van der Waals surface area contributed by atoms with Gasteiger partial charge in [0.2, 0.25) is 0 Å². The van der Waals surface area contributed by atoms with Gasteiger partial charge in [-0.3, -0.25) is 0 Å². The third kappa shape index (κ3) is 4.16. The largest absolute Gasteiger partial charge is 0.318 e. The van der Waals surface area contributed by atoms with Crippen LogP contribution in [0.15, 0.2) is 0 Å². The van der Waals surface area contributed by atoms with Gasteiger partial charge in [-0.2, -0.15) is 17.0 Å². The summed E-state index contributed by atoms with van der Waals surface area (Å²) in [4.78, 5) is 2.27. The van der Waals surface area contributed by atoms with E-state index in [1.807, 2.05) is 7.05 Å². The molecule has 0 radical (unpaired) electrons. The quantitative estimate of drug-likeness (QED) is 0.759. The second-order valence-corrected chi connectivity index (χ2v) is 8.51. The molecular weight excluding hydrogens is 288 g/mol. The zero-order valence-corrected chi connectivity index (χ0v) is 14.4.